The largest absolute Gasteiger partial charge is 0.421 e. The summed E-state index contributed by atoms with van der Waals surface area (Å²) in [5, 5.41) is 11.3. The van der Waals surface area contributed by atoms with Crippen LogP contribution in [0.15, 0.2) is 54.9 Å². The van der Waals surface area contributed by atoms with Crippen molar-refractivity contribution in [2.45, 2.75) is 13.1 Å². The monoisotopic (exact) mass is 408 g/mol. The van der Waals surface area contributed by atoms with Crippen molar-refractivity contribution in [1.29, 1.82) is 0 Å². The molecule has 0 aliphatic heterocycles. The number of hydrogen-bond donors (Lipinski definition) is 3. The molecule has 0 amide bonds. The number of fused-ring (bicyclic) bond motifs is 2. The Balaban J connectivity index is 1.59. The van der Waals surface area contributed by atoms with Crippen LogP contribution in [0.3, 0.4) is 0 Å². The first-order chi connectivity index (χ1) is 14.4. The first-order valence-corrected chi connectivity index (χ1v) is 9.11. The second kappa shape index (κ2) is 6.58. The van der Waals surface area contributed by atoms with Crippen LogP contribution in [0.5, 0.6) is 0 Å². The number of hydrogen-bond acceptors (Lipinski definition) is 4. The molecule has 0 saturated carbocycles. The Morgan fingerprint density at radius 1 is 0.933 bits per heavy atom. The summed E-state index contributed by atoms with van der Waals surface area (Å²) in [6, 6.07) is 12.6. The number of nitrogens with zero attached hydrogens (tertiary/aromatic N) is 3. The highest BCUT2D eigenvalue weighted by Gasteiger charge is 2.35. The van der Waals surface area contributed by atoms with Crippen molar-refractivity contribution in [3.63, 3.8) is 0 Å². The zero-order valence-corrected chi connectivity index (χ0v) is 15.7. The Morgan fingerprint density at radius 2 is 1.80 bits per heavy atom. The fraction of sp³-hybridized carbons (Fsp3) is 0.0952. The quantitative estimate of drug-likeness (QED) is 0.364. The van der Waals surface area contributed by atoms with Crippen molar-refractivity contribution < 1.29 is 13.2 Å². The van der Waals surface area contributed by atoms with E-state index in [2.05, 4.69) is 30.5 Å². The second-order valence-corrected chi connectivity index (χ2v) is 7.01. The standard InChI is InChI=1S/C21H15F3N6/c1-11-6-12-2-3-13(8-18(12)27-11)19-25-10-16(21(22,23)24)20(29-19)28-15-4-5-17-14(7-15)9-26-30-17/h2-10,27H,1H3,(H,26,30)(H,25,28,29). The van der Waals surface area contributed by atoms with E-state index in [4.69, 9.17) is 0 Å². The van der Waals surface area contributed by atoms with Gasteiger partial charge in [-0.15, -0.1) is 0 Å². The molecular formula is C21H15F3N6. The second-order valence-electron chi connectivity index (χ2n) is 7.01. The maximum atomic E-state index is 13.6. The molecule has 2 aromatic carbocycles. The van der Waals surface area contributed by atoms with E-state index in [0.29, 0.717) is 11.3 Å². The van der Waals surface area contributed by atoms with Crippen LogP contribution in [0.2, 0.25) is 0 Å². The lowest BCUT2D eigenvalue weighted by Gasteiger charge is -2.14. The highest BCUT2D eigenvalue weighted by Crippen LogP contribution is 2.36. The van der Waals surface area contributed by atoms with E-state index in [9.17, 15) is 13.2 Å². The average Bonchev–Trinajstić information content (AvgIpc) is 3.31. The van der Waals surface area contributed by atoms with Crippen LogP contribution in [-0.2, 0) is 6.18 Å². The summed E-state index contributed by atoms with van der Waals surface area (Å²) < 4.78 is 40.7. The van der Waals surface area contributed by atoms with Crippen molar-refractivity contribution >= 4 is 33.3 Å². The zero-order valence-electron chi connectivity index (χ0n) is 15.7. The number of alkyl halides is 3. The summed E-state index contributed by atoms with van der Waals surface area (Å²) >= 11 is 0. The van der Waals surface area contributed by atoms with Crippen LogP contribution in [0.25, 0.3) is 33.2 Å². The van der Waals surface area contributed by atoms with Crippen molar-refractivity contribution in [3.8, 4) is 11.4 Å². The summed E-state index contributed by atoms with van der Waals surface area (Å²) in [6.07, 6.45) is -2.18. The number of rotatable bonds is 3. The van der Waals surface area contributed by atoms with Crippen molar-refractivity contribution in [3.05, 3.63) is 66.1 Å². The molecular weight excluding hydrogens is 393 g/mol. The number of benzene rings is 2. The fourth-order valence-corrected chi connectivity index (χ4v) is 3.39. The van der Waals surface area contributed by atoms with E-state index in [1.165, 1.54) is 0 Å². The summed E-state index contributed by atoms with van der Waals surface area (Å²) in [6.45, 7) is 1.94. The molecule has 0 fully saturated rings. The third kappa shape index (κ3) is 3.24. The number of aromatic nitrogens is 5. The van der Waals surface area contributed by atoms with E-state index in [0.717, 1.165) is 33.7 Å². The molecule has 3 aromatic heterocycles. The first kappa shape index (κ1) is 18.2. The molecule has 3 N–H and O–H groups in total. The molecule has 0 saturated heterocycles. The van der Waals surface area contributed by atoms with Gasteiger partial charge in [0.2, 0.25) is 0 Å². The highest BCUT2D eigenvalue weighted by atomic mass is 19.4. The van der Waals surface area contributed by atoms with Crippen molar-refractivity contribution in [2.24, 2.45) is 0 Å². The number of anilines is 2. The van der Waals surface area contributed by atoms with Gasteiger partial charge in [-0.25, -0.2) is 9.97 Å². The Morgan fingerprint density at radius 3 is 2.63 bits per heavy atom. The minimum absolute atomic E-state index is 0.198. The third-order valence-electron chi connectivity index (χ3n) is 4.81. The lowest BCUT2D eigenvalue weighted by atomic mass is 10.1. The van der Waals surface area contributed by atoms with E-state index in [1.54, 1.807) is 30.5 Å². The molecule has 150 valence electrons. The van der Waals surface area contributed by atoms with Gasteiger partial charge >= 0.3 is 6.18 Å². The average molecular weight is 408 g/mol. The molecule has 0 unspecified atom stereocenters. The lowest BCUT2D eigenvalue weighted by molar-refractivity contribution is -0.137. The maximum absolute atomic E-state index is 13.6. The molecule has 0 aliphatic rings. The van der Waals surface area contributed by atoms with Gasteiger partial charge in [0, 0.05) is 34.0 Å². The Kier molecular flexibility index (Phi) is 3.99. The minimum atomic E-state index is -4.60. The minimum Gasteiger partial charge on any atom is -0.359 e. The van der Waals surface area contributed by atoms with Gasteiger partial charge in [-0.1, -0.05) is 12.1 Å². The molecule has 5 aromatic rings. The fourth-order valence-electron chi connectivity index (χ4n) is 3.39. The number of nitrogens with one attached hydrogen (secondary N) is 3. The number of aromatic amines is 2. The highest BCUT2D eigenvalue weighted by molar-refractivity contribution is 5.85. The molecule has 30 heavy (non-hydrogen) atoms. The van der Waals surface area contributed by atoms with Gasteiger partial charge in [0.15, 0.2) is 5.82 Å². The van der Waals surface area contributed by atoms with Gasteiger partial charge in [-0.05, 0) is 42.6 Å². The Hall–Kier alpha value is -3.88. The molecule has 0 atom stereocenters. The molecule has 3 heterocycles. The molecule has 0 aliphatic carbocycles. The molecule has 0 bridgehead atoms. The third-order valence-corrected chi connectivity index (χ3v) is 4.81. The van der Waals surface area contributed by atoms with Crippen molar-refractivity contribution in [1.82, 2.24) is 25.1 Å². The summed E-state index contributed by atoms with van der Waals surface area (Å²) in [4.78, 5) is 11.4. The van der Waals surface area contributed by atoms with Crippen LogP contribution < -0.4 is 5.32 Å². The van der Waals surface area contributed by atoms with Crippen LogP contribution >= 0.6 is 0 Å². The smallest absolute Gasteiger partial charge is 0.359 e. The van der Waals surface area contributed by atoms with Crippen LogP contribution in [0.4, 0.5) is 24.7 Å². The van der Waals surface area contributed by atoms with E-state index in [1.807, 2.05) is 25.1 Å². The van der Waals surface area contributed by atoms with Gasteiger partial charge in [-0.2, -0.15) is 18.3 Å². The summed E-state index contributed by atoms with van der Waals surface area (Å²) in [5.74, 6) is -0.109. The number of aryl methyl sites for hydroxylation is 1. The van der Waals surface area contributed by atoms with Gasteiger partial charge in [-0.3, -0.25) is 5.10 Å². The normalized spacial score (nSPS) is 12.0. The Bertz CT molecular complexity index is 1380. The van der Waals surface area contributed by atoms with Crippen molar-refractivity contribution in [2.75, 3.05) is 5.32 Å². The van der Waals surface area contributed by atoms with E-state index >= 15 is 0 Å². The SMILES string of the molecule is Cc1cc2ccc(-c3ncc(C(F)(F)F)c(Nc4ccc5[nH]ncc5c4)n3)cc2[nH]1. The van der Waals surface area contributed by atoms with Crippen LogP contribution in [0, 0.1) is 6.92 Å². The predicted octanol–water partition coefficient (Wildman–Crippen LogP) is 5.57. The van der Waals surface area contributed by atoms with Gasteiger partial charge in [0.1, 0.15) is 11.4 Å². The van der Waals surface area contributed by atoms with Crippen LogP contribution in [-0.4, -0.2) is 25.1 Å². The maximum Gasteiger partial charge on any atom is 0.421 e. The summed E-state index contributed by atoms with van der Waals surface area (Å²) in [7, 11) is 0. The van der Waals surface area contributed by atoms with E-state index < -0.39 is 11.7 Å². The molecule has 0 spiro atoms. The van der Waals surface area contributed by atoms with E-state index in [-0.39, 0.29) is 11.6 Å². The topological polar surface area (TPSA) is 82.3 Å². The van der Waals surface area contributed by atoms with Crippen LogP contribution in [0.1, 0.15) is 11.3 Å². The predicted molar refractivity (Wildman–Crippen MR) is 108 cm³/mol. The zero-order chi connectivity index (χ0) is 20.9. The molecule has 9 heteroatoms. The Labute approximate surface area is 168 Å². The molecule has 5 rings (SSSR count). The van der Waals surface area contributed by atoms with Gasteiger partial charge in [0.05, 0.1) is 11.7 Å². The summed E-state index contributed by atoms with van der Waals surface area (Å²) in [5.41, 5.74) is 2.80. The first-order valence-electron chi connectivity index (χ1n) is 9.11. The molecule has 0 radical (unpaired) electrons. The molecule has 6 nitrogen and oxygen atoms in total. The lowest BCUT2D eigenvalue weighted by Crippen LogP contribution is -2.12. The van der Waals surface area contributed by atoms with Gasteiger partial charge < -0.3 is 10.3 Å². The number of H-pyrrole nitrogens is 2. The number of halogens is 3. The van der Waals surface area contributed by atoms with Gasteiger partial charge in [0.25, 0.3) is 0 Å².